The van der Waals surface area contributed by atoms with Gasteiger partial charge in [-0.3, -0.25) is 9.36 Å². The van der Waals surface area contributed by atoms with Crippen LogP contribution in [-0.2, 0) is 16.1 Å². The molecule has 1 atom stereocenters. The van der Waals surface area contributed by atoms with Gasteiger partial charge in [0.2, 0.25) is 0 Å². The molecule has 130 valence electrons. The Morgan fingerprint density at radius 1 is 1.28 bits per heavy atom. The van der Waals surface area contributed by atoms with Crippen molar-refractivity contribution in [3.8, 4) is 0 Å². The predicted octanol–water partition coefficient (Wildman–Crippen LogP) is 3.77. The fraction of sp³-hybridized carbons (Fsp3) is 0.316. The van der Waals surface area contributed by atoms with E-state index in [1.54, 1.807) is 6.92 Å². The van der Waals surface area contributed by atoms with Gasteiger partial charge < -0.3 is 4.74 Å². The topological polar surface area (TPSA) is 61.2 Å². The van der Waals surface area contributed by atoms with Crippen LogP contribution in [0.3, 0.4) is 0 Å². The Balaban J connectivity index is 1.91. The maximum Gasteiger partial charge on any atom is 0.329 e. The highest BCUT2D eigenvalue weighted by atomic mass is 32.1. The molecular weight excluding hydrogens is 336 g/mol. The minimum absolute atomic E-state index is 0.185. The Morgan fingerprint density at radius 2 is 2.00 bits per heavy atom. The second-order valence-corrected chi connectivity index (χ2v) is 7.16. The number of hydrogen-bond acceptors (Lipinski definition) is 5. The fourth-order valence-corrected chi connectivity index (χ4v) is 3.78. The molecule has 0 aliphatic rings. The molecule has 25 heavy (non-hydrogen) atoms. The summed E-state index contributed by atoms with van der Waals surface area (Å²) in [5, 5.41) is 0.558. The van der Waals surface area contributed by atoms with Crippen molar-refractivity contribution in [3.05, 3.63) is 63.0 Å². The Hall–Kier alpha value is -2.47. The molecular formula is C19H20N2O3S. The lowest BCUT2D eigenvalue weighted by Gasteiger charge is -2.19. The zero-order valence-corrected chi connectivity index (χ0v) is 15.3. The van der Waals surface area contributed by atoms with Crippen molar-refractivity contribution in [1.29, 1.82) is 0 Å². The van der Waals surface area contributed by atoms with Crippen LogP contribution in [0.1, 0.15) is 35.7 Å². The molecule has 0 saturated carbocycles. The van der Waals surface area contributed by atoms with Crippen molar-refractivity contribution < 1.29 is 9.53 Å². The summed E-state index contributed by atoms with van der Waals surface area (Å²) in [5.41, 5.74) is 0.729. The lowest BCUT2D eigenvalue weighted by molar-refractivity contribution is -0.149. The Morgan fingerprint density at radius 3 is 2.68 bits per heavy atom. The summed E-state index contributed by atoms with van der Waals surface area (Å²) in [6, 6.07) is 10.6. The molecule has 6 heteroatoms. The van der Waals surface area contributed by atoms with Crippen LogP contribution in [0.15, 0.2) is 41.2 Å². The van der Waals surface area contributed by atoms with E-state index < -0.39 is 12.0 Å². The summed E-state index contributed by atoms with van der Waals surface area (Å²) in [6.45, 7) is 5.75. The van der Waals surface area contributed by atoms with Gasteiger partial charge in [-0.1, -0.05) is 37.3 Å². The number of ether oxygens (including phenoxy) is 1. The van der Waals surface area contributed by atoms with E-state index in [0.29, 0.717) is 22.5 Å². The normalized spacial score (nSPS) is 12.3. The average molecular weight is 356 g/mol. The van der Waals surface area contributed by atoms with Crippen LogP contribution < -0.4 is 5.56 Å². The molecule has 0 amide bonds. The van der Waals surface area contributed by atoms with Gasteiger partial charge in [-0.05, 0) is 31.9 Å². The number of aromatic nitrogens is 2. The lowest BCUT2D eigenvalue weighted by Crippen LogP contribution is -2.33. The van der Waals surface area contributed by atoms with Gasteiger partial charge in [-0.15, -0.1) is 11.3 Å². The molecule has 2 aromatic heterocycles. The van der Waals surface area contributed by atoms with E-state index in [1.165, 1.54) is 15.9 Å². The summed E-state index contributed by atoms with van der Waals surface area (Å²) in [6.07, 6.45) is 0.463. The van der Waals surface area contributed by atoms with Gasteiger partial charge in [0, 0.05) is 4.88 Å². The van der Waals surface area contributed by atoms with Crippen molar-refractivity contribution in [2.45, 2.75) is 39.8 Å². The van der Waals surface area contributed by atoms with Crippen molar-refractivity contribution in [2.75, 3.05) is 0 Å². The third-order valence-electron chi connectivity index (χ3n) is 4.09. The lowest BCUT2D eigenvalue weighted by atomic mass is 10.2. The zero-order valence-electron chi connectivity index (χ0n) is 14.5. The summed E-state index contributed by atoms with van der Waals surface area (Å²) in [4.78, 5) is 31.7. The Labute approximate surface area is 149 Å². The van der Waals surface area contributed by atoms with Crippen molar-refractivity contribution >= 4 is 27.5 Å². The Bertz CT molecular complexity index is 960. The number of esters is 1. The Kier molecular flexibility index (Phi) is 4.99. The monoisotopic (exact) mass is 356 g/mol. The van der Waals surface area contributed by atoms with Crippen LogP contribution in [0.2, 0.25) is 0 Å². The van der Waals surface area contributed by atoms with E-state index in [1.807, 2.05) is 50.2 Å². The highest BCUT2D eigenvalue weighted by Gasteiger charge is 2.25. The molecule has 5 nitrogen and oxygen atoms in total. The first-order valence-corrected chi connectivity index (χ1v) is 9.02. The molecule has 1 unspecified atom stereocenters. The number of benzene rings is 1. The average Bonchev–Trinajstić information content (AvgIpc) is 2.98. The van der Waals surface area contributed by atoms with E-state index in [-0.39, 0.29) is 12.2 Å². The number of nitrogens with zero attached hydrogens (tertiary/aromatic N) is 2. The van der Waals surface area contributed by atoms with Crippen LogP contribution in [0.4, 0.5) is 0 Å². The number of carbonyl (C=O) groups is 1. The molecule has 3 rings (SSSR count). The summed E-state index contributed by atoms with van der Waals surface area (Å²) in [7, 11) is 0. The van der Waals surface area contributed by atoms with Gasteiger partial charge in [-0.25, -0.2) is 9.78 Å². The van der Waals surface area contributed by atoms with Crippen LogP contribution >= 0.6 is 11.3 Å². The second kappa shape index (κ2) is 7.19. The molecule has 1 aromatic carbocycles. The van der Waals surface area contributed by atoms with E-state index in [0.717, 1.165) is 10.4 Å². The molecule has 3 aromatic rings. The van der Waals surface area contributed by atoms with Crippen molar-refractivity contribution in [2.24, 2.45) is 0 Å². The van der Waals surface area contributed by atoms with Gasteiger partial charge in [0.25, 0.3) is 5.56 Å². The molecule has 2 heterocycles. The molecule has 0 N–H and O–H groups in total. The summed E-state index contributed by atoms with van der Waals surface area (Å²) < 4.78 is 6.90. The maximum atomic E-state index is 12.9. The highest BCUT2D eigenvalue weighted by Crippen LogP contribution is 2.23. The zero-order chi connectivity index (χ0) is 18.0. The maximum absolute atomic E-state index is 12.9. The molecule has 0 aliphatic heterocycles. The highest BCUT2D eigenvalue weighted by molar-refractivity contribution is 7.18. The standard InChI is InChI=1S/C19H20N2O3S/c1-4-16(19(23)24-11-14-8-6-5-7-9-14)21-13(3)20-17-15(18(21)22)10-12(2)25-17/h5-10,16H,4,11H2,1-3H3. The summed E-state index contributed by atoms with van der Waals surface area (Å²) >= 11 is 1.48. The SMILES string of the molecule is CCC(C(=O)OCc1ccccc1)n1c(C)nc2sc(C)cc2c1=O. The van der Waals surface area contributed by atoms with Gasteiger partial charge in [0.15, 0.2) is 0 Å². The van der Waals surface area contributed by atoms with E-state index in [9.17, 15) is 9.59 Å². The van der Waals surface area contributed by atoms with Gasteiger partial charge in [0.05, 0.1) is 5.39 Å². The molecule has 0 fully saturated rings. The van der Waals surface area contributed by atoms with Crippen LogP contribution in [0, 0.1) is 13.8 Å². The number of aryl methyl sites for hydroxylation is 2. The third-order valence-corrected chi connectivity index (χ3v) is 5.04. The molecule has 0 bridgehead atoms. The largest absolute Gasteiger partial charge is 0.459 e. The van der Waals surface area contributed by atoms with Crippen molar-refractivity contribution in [3.63, 3.8) is 0 Å². The van der Waals surface area contributed by atoms with Crippen LogP contribution in [0.5, 0.6) is 0 Å². The molecule has 0 aliphatic carbocycles. The first kappa shape index (κ1) is 17.4. The van der Waals surface area contributed by atoms with Crippen molar-refractivity contribution in [1.82, 2.24) is 9.55 Å². The molecule has 0 radical (unpaired) electrons. The minimum Gasteiger partial charge on any atom is -0.459 e. The minimum atomic E-state index is -0.673. The predicted molar refractivity (Wildman–Crippen MR) is 98.9 cm³/mol. The number of carbonyl (C=O) groups excluding carboxylic acids is 1. The van der Waals surface area contributed by atoms with Gasteiger partial charge in [0.1, 0.15) is 23.3 Å². The second-order valence-electron chi connectivity index (χ2n) is 5.93. The van der Waals surface area contributed by atoms with E-state index >= 15 is 0 Å². The van der Waals surface area contributed by atoms with Crippen LogP contribution in [-0.4, -0.2) is 15.5 Å². The quantitative estimate of drug-likeness (QED) is 0.653. The number of hydrogen-bond donors (Lipinski definition) is 0. The number of fused-ring (bicyclic) bond motifs is 1. The van der Waals surface area contributed by atoms with Gasteiger partial charge in [-0.2, -0.15) is 0 Å². The fourth-order valence-electron chi connectivity index (χ4n) is 2.86. The first-order valence-electron chi connectivity index (χ1n) is 8.21. The van der Waals surface area contributed by atoms with Crippen LogP contribution in [0.25, 0.3) is 10.2 Å². The smallest absolute Gasteiger partial charge is 0.329 e. The molecule has 0 saturated heterocycles. The van der Waals surface area contributed by atoms with E-state index in [4.69, 9.17) is 4.74 Å². The number of thiophene rings is 1. The number of rotatable bonds is 5. The van der Waals surface area contributed by atoms with Gasteiger partial charge >= 0.3 is 5.97 Å². The summed E-state index contributed by atoms with van der Waals surface area (Å²) in [5.74, 6) is 0.118. The van der Waals surface area contributed by atoms with E-state index in [2.05, 4.69) is 4.98 Å². The first-order chi connectivity index (χ1) is 12.0. The third kappa shape index (κ3) is 3.49. The molecule has 0 spiro atoms.